The minimum Gasteiger partial charge on any atom is -0.466 e. The van der Waals surface area contributed by atoms with Crippen molar-refractivity contribution in [1.29, 1.82) is 5.26 Å². The number of ether oxygens (including phenoxy) is 1. The summed E-state index contributed by atoms with van der Waals surface area (Å²) >= 11 is 5.90. The molecule has 1 saturated heterocycles. The maximum Gasteiger partial charge on any atom is 0.310 e. The Morgan fingerprint density at radius 1 is 1.48 bits per heavy atom. The van der Waals surface area contributed by atoms with Crippen molar-refractivity contribution < 1.29 is 13.9 Å². The molecule has 2 heterocycles. The molecule has 1 atom stereocenters. The fraction of sp³-hybridized carbons (Fsp3) is 0.389. The van der Waals surface area contributed by atoms with Crippen LogP contribution in [0.4, 0.5) is 5.88 Å². The van der Waals surface area contributed by atoms with E-state index < -0.39 is 0 Å². The highest BCUT2D eigenvalue weighted by Gasteiger charge is 2.30. The summed E-state index contributed by atoms with van der Waals surface area (Å²) in [6, 6.07) is 9.13. The highest BCUT2D eigenvalue weighted by atomic mass is 35.5. The van der Waals surface area contributed by atoms with Crippen molar-refractivity contribution in [1.82, 2.24) is 4.98 Å². The molecule has 1 aliphatic heterocycles. The van der Waals surface area contributed by atoms with Gasteiger partial charge in [-0.05, 0) is 44.0 Å². The summed E-state index contributed by atoms with van der Waals surface area (Å²) in [5.41, 5.74) is 0.959. The van der Waals surface area contributed by atoms with Gasteiger partial charge in [0.1, 0.15) is 6.07 Å². The Balaban J connectivity index is 1.85. The lowest BCUT2D eigenvalue weighted by atomic mass is 9.98. The molecule has 0 bridgehead atoms. The molecule has 7 heteroatoms. The van der Waals surface area contributed by atoms with E-state index in [1.54, 1.807) is 31.2 Å². The van der Waals surface area contributed by atoms with Crippen LogP contribution in [0.1, 0.15) is 25.5 Å². The molecule has 1 aromatic carbocycles. The summed E-state index contributed by atoms with van der Waals surface area (Å²) < 4.78 is 11.0. The summed E-state index contributed by atoms with van der Waals surface area (Å²) in [5, 5.41) is 10.0. The highest BCUT2D eigenvalue weighted by molar-refractivity contribution is 6.30. The van der Waals surface area contributed by atoms with Gasteiger partial charge in [-0.3, -0.25) is 4.79 Å². The molecule has 130 valence electrons. The van der Waals surface area contributed by atoms with E-state index in [-0.39, 0.29) is 17.6 Å². The van der Waals surface area contributed by atoms with Crippen molar-refractivity contribution in [3.63, 3.8) is 0 Å². The lowest BCUT2D eigenvalue weighted by molar-refractivity contribution is -0.148. The predicted octanol–water partition coefficient (Wildman–Crippen LogP) is 3.65. The van der Waals surface area contributed by atoms with E-state index >= 15 is 0 Å². The zero-order chi connectivity index (χ0) is 17.8. The van der Waals surface area contributed by atoms with Gasteiger partial charge in [0.2, 0.25) is 17.5 Å². The number of oxazole rings is 1. The number of carbonyl (C=O) groups is 1. The lowest BCUT2D eigenvalue weighted by Gasteiger charge is -2.31. The van der Waals surface area contributed by atoms with E-state index in [9.17, 15) is 10.1 Å². The van der Waals surface area contributed by atoms with Gasteiger partial charge >= 0.3 is 5.97 Å². The average molecular weight is 360 g/mol. The molecule has 3 rings (SSSR count). The van der Waals surface area contributed by atoms with Crippen LogP contribution in [0.15, 0.2) is 28.7 Å². The van der Waals surface area contributed by atoms with Gasteiger partial charge < -0.3 is 14.1 Å². The largest absolute Gasteiger partial charge is 0.466 e. The first-order valence-corrected chi connectivity index (χ1v) is 8.58. The number of esters is 1. The molecule has 0 unspecified atom stereocenters. The third-order valence-electron chi connectivity index (χ3n) is 4.13. The smallest absolute Gasteiger partial charge is 0.310 e. The normalized spacial score (nSPS) is 17.2. The Labute approximate surface area is 151 Å². The molecule has 0 spiro atoms. The standard InChI is InChI=1S/C18H18ClN3O3/c1-2-24-18(23)13-4-3-9-22(11-13)17-15(10-20)21-16(25-17)12-5-7-14(19)8-6-12/h5-8,13H,2-4,9,11H2,1H3/t13-/m0/s1. The van der Waals surface area contributed by atoms with Crippen LogP contribution in [0.25, 0.3) is 11.5 Å². The predicted molar refractivity (Wildman–Crippen MR) is 93.2 cm³/mol. The summed E-state index contributed by atoms with van der Waals surface area (Å²) in [7, 11) is 0. The molecule has 0 N–H and O–H groups in total. The number of hydrogen-bond acceptors (Lipinski definition) is 6. The first-order chi connectivity index (χ1) is 12.1. The van der Waals surface area contributed by atoms with Crippen LogP contribution < -0.4 is 4.90 Å². The van der Waals surface area contributed by atoms with Crippen molar-refractivity contribution in [2.75, 3.05) is 24.6 Å². The van der Waals surface area contributed by atoms with Crippen LogP contribution in [0.5, 0.6) is 0 Å². The van der Waals surface area contributed by atoms with Crippen molar-refractivity contribution in [3.05, 3.63) is 35.0 Å². The number of piperidine rings is 1. The molecular formula is C18H18ClN3O3. The van der Waals surface area contributed by atoms with E-state index in [1.165, 1.54) is 0 Å². The van der Waals surface area contributed by atoms with Crippen LogP contribution in [-0.4, -0.2) is 30.6 Å². The monoisotopic (exact) mass is 359 g/mol. The zero-order valence-electron chi connectivity index (χ0n) is 13.9. The molecule has 1 fully saturated rings. The SMILES string of the molecule is CCOC(=O)[C@H]1CCCN(c2oc(-c3ccc(Cl)cc3)nc2C#N)C1. The number of halogens is 1. The summed E-state index contributed by atoms with van der Waals surface area (Å²) in [5.74, 6) is 0.343. The van der Waals surface area contributed by atoms with Gasteiger partial charge in [0, 0.05) is 23.7 Å². The second kappa shape index (κ2) is 7.58. The fourth-order valence-electron chi connectivity index (χ4n) is 2.93. The number of aromatic nitrogens is 1. The van der Waals surface area contributed by atoms with Crippen molar-refractivity contribution in [2.45, 2.75) is 19.8 Å². The molecule has 0 amide bonds. The molecule has 6 nitrogen and oxygen atoms in total. The van der Waals surface area contributed by atoms with Gasteiger partial charge in [-0.15, -0.1) is 0 Å². The molecular weight excluding hydrogens is 342 g/mol. The van der Waals surface area contributed by atoms with E-state index in [2.05, 4.69) is 11.1 Å². The van der Waals surface area contributed by atoms with Gasteiger partial charge in [0.05, 0.1) is 12.5 Å². The number of anilines is 1. The Hall–Kier alpha value is -2.52. The number of nitrogens with zero attached hydrogens (tertiary/aromatic N) is 3. The number of benzene rings is 1. The number of hydrogen-bond donors (Lipinski definition) is 0. The minimum atomic E-state index is -0.218. The zero-order valence-corrected chi connectivity index (χ0v) is 14.6. The van der Waals surface area contributed by atoms with Crippen LogP contribution >= 0.6 is 11.6 Å². The van der Waals surface area contributed by atoms with E-state index in [0.717, 1.165) is 18.4 Å². The van der Waals surface area contributed by atoms with Gasteiger partial charge in [-0.25, -0.2) is 0 Å². The first kappa shape index (κ1) is 17.3. The lowest BCUT2D eigenvalue weighted by Crippen LogP contribution is -2.39. The van der Waals surface area contributed by atoms with Crippen LogP contribution in [0.2, 0.25) is 5.02 Å². The van der Waals surface area contributed by atoms with Crippen molar-refractivity contribution >= 4 is 23.5 Å². The van der Waals surface area contributed by atoms with E-state index in [4.69, 9.17) is 20.8 Å². The number of carbonyl (C=O) groups excluding carboxylic acids is 1. The maximum atomic E-state index is 12.0. The van der Waals surface area contributed by atoms with Crippen LogP contribution in [0, 0.1) is 17.2 Å². The minimum absolute atomic E-state index is 0.205. The summed E-state index contributed by atoms with van der Waals surface area (Å²) in [6.07, 6.45) is 1.60. The summed E-state index contributed by atoms with van der Waals surface area (Å²) in [6.45, 7) is 3.32. The second-order valence-electron chi connectivity index (χ2n) is 5.83. The van der Waals surface area contributed by atoms with E-state index in [0.29, 0.717) is 36.5 Å². The van der Waals surface area contributed by atoms with Crippen molar-refractivity contribution in [3.8, 4) is 17.5 Å². The van der Waals surface area contributed by atoms with Crippen molar-refractivity contribution in [2.24, 2.45) is 5.92 Å². The number of nitriles is 1. The van der Waals surface area contributed by atoms with Crippen LogP contribution in [0.3, 0.4) is 0 Å². The van der Waals surface area contributed by atoms with Gasteiger partial charge in [-0.1, -0.05) is 11.6 Å². The quantitative estimate of drug-likeness (QED) is 0.775. The van der Waals surface area contributed by atoms with E-state index in [1.807, 2.05) is 4.90 Å². The second-order valence-corrected chi connectivity index (χ2v) is 6.27. The van der Waals surface area contributed by atoms with Gasteiger partial charge in [0.15, 0.2) is 0 Å². The Kier molecular flexibility index (Phi) is 5.25. The Bertz CT molecular complexity index is 795. The van der Waals surface area contributed by atoms with Gasteiger partial charge in [-0.2, -0.15) is 10.2 Å². The van der Waals surface area contributed by atoms with Gasteiger partial charge in [0.25, 0.3) is 0 Å². The number of rotatable bonds is 4. The van der Waals surface area contributed by atoms with Crippen LogP contribution in [-0.2, 0) is 9.53 Å². The molecule has 1 aromatic heterocycles. The summed E-state index contributed by atoms with van der Waals surface area (Å²) in [4.78, 5) is 18.2. The molecule has 1 aliphatic rings. The Morgan fingerprint density at radius 2 is 2.24 bits per heavy atom. The molecule has 25 heavy (non-hydrogen) atoms. The third kappa shape index (κ3) is 3.77. The average Bonchev–Trinajstić information content (AvgIpc) is 3.07. The third-order valence-corrected chi connectivity index (χ3v) is 4.39. The molecule has 2 aromatic rings. The Morgan fingerprint density at radius 3 is 2.92 bits per heavy atom. The first-order valence-electron chi connectivity index (χ1n) is 8.20. The maximum absolute atomic E-state index is 12.0. The topological polar surface area (TPSA) is 79.4 Å². The molecule has 0 saturated carbocycles. The highest BCUT2D eigenvalue weighted by Crippen LogP contribution is 2.31. The molecule has 0 aliphatic carbocycles. The molecule has 0 radical (unpaired) electrons. The fourth-order valence-corrected chi connectivity index (χ4v) is 3.06.